The van der Waals surface area contributed by atoms with E-state index in [0.717, 1.165) is 34.1 Å². The molecule has 29 heavy (non-hydrogen) atoms. The monoisotopic (exact) mass is 414 g/mol. The van der Waals surface area contributed by atoms with Crippen LogP contribution in [0.2, 0.25) is 0 Å². The third kappa shape index (κ3) is 7.27. The molecule has 2 rings (SSSR count). The molecule has 2 aromatic rings. The number of hydrogen-bond acceptors (Lipinski definition) is 5. The molecule has 0 fully saturated rings. The van der Waals surface area contributed by atoms with E-state index < -0.39 is 17.1 Å². The Hall–Kier alpha value is -2.80. The number of esters is 1. The average Bonchev–Trinajstić information content (AvgIpc) is 2.69. The summed E-state index contributed by atoms with van der Waals surface area (Å²) in [5.41, 5.74) is 4.42. The van der Waals surface area contributed by atoms with Crippen molar-refractivity contribution in [1.29, 1.82) is 0 Å². The van der Waals surface area contributed by atoms with Gasteiger partial charge in [-0.1, -0.05) is 35.9 Å². The van der Waals surface area contributed by atoms with Gasteiger partial charge in [0.15, 0.2) is 6.61 Å². The van der Waals surface area contributed by atoms with Crippen LogP contribution >= 0.6 is 11.8 Å². The number of nitrogens with one attached hydrogen (secondary N) is 2. The van der Waals surface area contributed by atoms with E-state index in [4.69, 9.17) is 4.74 Å². The summed E-state index contributed by atoms with van der Waals surface area (Å²) in [6.07, 6.45) is 0. The summed E-state index contributed by atoms with van der Waals surface area (Å²) >= 11 is 1.16. The molecule has 0 heterocycles. The second-order valence-corrected chi connectivity index (χ2v) is 8.12. The van der Waals surface area contributed by atoms with Gasteiger partial charge in [0.2, 0.25) is 5.91 Å². The van der Waals surface area contributed by atoms with Gasteiger partial charge < -0.3 is 15.4 Å². The third-order valence-electron chi connectivity index (χ3n) is 4.22. The Kier molecular flexibility index (Phi) is 8.27. The Morgan fingerprint density at radius 3 is 2.17 bits per heavy atom. The smallest absolute Gasteiger partial charge is 0.319 e. The normalized spacial score (nSPS) is 11.4. The number of aryl methyl sites for hydroxylation is 3. The molecule has 154 valence electrons. The number of amides is 2. The van der Waals surface area contributed by atoms with E-state index in [1.807, 2.05) is 63.2 Å². The van der Waals surface area contributed by atoms with Crippen LogP contribution in [-0.4, -0.2) is 35.4 Å². The zero-order chi connectivity index (χ0) is 21.4. The SMILES string of the molecule is Cc1ccc(NC(=O)CS[C@@H](C)C(=O)OCC(=O)Nc2c(C)cccc2C)cc1. The number of anilines is 2. The van der Waals surface area contributed by atoms with Gasteiger partial charge in [-0.25, -0.2) is 0 Å². The Morgan fingerprint density at radius 2 is 1.55 bits per heavy atom. The summed E-state index contributed by atoms with van der Waals surface area (Å²) in [4.78, 5) is 36.2. The largest absolute Gasteiger partial charge is 0.455 e. The molecule has 0 unspecified atom stereocenters. The highest BCUT2D eigenvalue weighted by Crippen LogP contribution is 2.19. The predicted molar refractivity (Wildman–Crippen MR) is 117 cm³/mol. The van der Waals surface area contributed by atoms with E-state index in [9.17, 15) is 14.4 Å². The topological polar surface area (TPSA) is 84.5 Å². The lowest BCUT2D eigenvalue weighted by atomic mass is 10.1. The summed E-state index contributed by atoms with van der Waals surface area (Å²) in [6.45, 7) is 7.05. The molecule has 2 amide bonds. The maximum absolute atomic E-state index is 12.1. The molecule has 0 aromatic heterocycles. The first-order valence-corrected chi connectivity index (χ1v) is 10.3. The van der Waals surface area contributed by atoms with E-state index >= 15 is 0 Å². The zero-order valence-corrected chi connectivity index (χ0v) is 17.9. The summed E-state index contributed by atoms with van der Waals surface area (Å²) in [5.74, 6) is -1.02. The van der Waals surface area contributed by atoms with Gasteiger partial charge >= 0.3 is 5.97 Å². The molecule has 7 heteroatoms. The lowest BCUT2D eigenvalue weighted by molar-refractivity contribution is -0.146. The number of ether oxygens (including phenoxy) is 1. The van der Waals surface area contributed by atoms with Gasteiger partial charge in [0.1, 0.15) is 5.25 Å². The van der Waals surface area contributed by atoms with Gasteiger partial charge in [0.05, 0.1) is 5.75 Å². The summed E-state index contributed by atoms with van der Waals surface area (Å²) in [7, 11) is 0. The van der Waals surface area contributed by atoms with Crippen molar-refractivity contribution in [2.45, 2.75) is 32.9 Å². The molecule has 2 N–H and O–H groups in total. The highest BCUT2D eigenvalue weighted by Gasteiger charge is 2.18. The van der Waals surface area contributed by atoms with Crippen molar-refractivity contribution in [3.8, 4) is 0 Å². The quantitative estimate of drug-likeness (QED) is 0.641. The fourth-order valence-corrected chi connectivity index (χ4v) is 3.22. The number of hydrogen-bond donors (Lipinski definition) is 2. The number of benzene rings is 2. The van der Waals surface area contributed by atoms with Crippen LogP contribution in [0.25, 0.3) is 0 Å². The Labute approximate surface area is 175 Å². The second-order valence-electron chi connectivity index (χ2n) is 6.79. The highest BCUT2D eigenvalue weighted by atomic mass is 32.2. The standard InChI is InChI=1S/C22H26N2O4S/c1-14-8-10-18(11-9-14)23-20(26)13-29-17(4)22(27)28-12-19(25)24-21-15(2)6-5-7-16(21)3/h5-11,17H,12-13H2,1-4H3,(H,23,26)(H,24,25)/t17-/m0/s1. The van der Waals surface area contributed by atoms with Gasteiger partial charge in [-0.3, -0.25) is 14.4 Å². The zero-order valence-electron chi connectivity index (χ0n) is 17.1. The van der Waals surface area contributed by atoms with Crippen molar-refractivity contribution in [1.82, 2.24) is 0 Å². The van der Waals surface area contributed by atoms with Gasteiger partial charge in [0.25, 0.3) is 5.91 Å². The molecular formula is C22H26N2O4S. The minimum absolute atomic E-state index is 0.110. The van der Waals surface area contributed by atoms with E-state index in [1.165, 1.54) is 0 Å². The molecule has 0 spiro atoms. The number of thioether (sulfide) groups is 1. The van der Waals surface area contributed by atoms with Crippen molar-refractivity contribution in [3.05, 3.63) is 59.2 Å². The maximum Gasteiger partial charge on any atom is 0.319 e. The van der Waals surface area contributed by atoms with Crippen LogP contribution in [0.4, 0.5) is 11.4 Å². The van der Waals surface area contributed by atoms with Gasteiger partial charge in [-0.05, 0) is 51.0 Å². The molecule has 0 aliphatic rings. The molecule has 0 bridgehead atoms. The fourth-order valence-electron chi connectivity index (χ4n) is 2.54. The van der Waals surface area contributed by atoms with Crippen LogP contribution in [0.3, 0.4) is 0 Å². The number of carbonyl (C=O) groups excluding carboxylic acids is 3. The van der Waals surface area contributed by atoms with E-state index in [0.29, 0.717) is 5.69 Å². The van der Waals surface area contributed by atoms with Crippen LogP contribution in [0.1, 0.15) is 23.6 Å². The van der Waals surface area contributed by atoms with Crippen molar-refractivity contribution < 1.29 is 19.1 Å². The van der Waals surface area contributed by atoms with E-state index in [-0.39, 0.29) is 18.3 Å². The van der Waals surface area contributed by atoms with Crippen LogP contribution < -0.4 is 10.6 Å². The van der Waals surface area contributed by atoms with Crippen molar-refractivity contribution in [2.24, 2.45) is 0 Å². The van der Waals surface area contributed by atoms with E-state index in [2.05, 4.69) is 10.6 Å². The minimum Gasteiger partial charge on any atom is -0.455 e. The van der Waals surface area contributed by atoms with E-state index in [1.54, 1.807) is 6.92 Å². The number of carbonyl (C=O) groups is 3. The summed E-state index contributed by atoms with van der Waals surface area (Å²) in [5, 5.41) is 4.98. The Morgan fingerprint density at radius 1 is 0.931 bits per heavy atom. The first-order valence-electron chi connectivity index (χ1n) is 9.27. The number of para-hydroxylation sites is 1. The maximum atomic E-state index is 12.1. The minimum atomic E-state index is -0.563. The molecule has 0 saturated carbocycles. The third-order valence-corrected chi connectivity index (χ3v) is 5.34. The van der Waals surface area contributed by atoms with Crippen LogP contribution in [0.5, 0.6) is 0 Å². The lowest BCUT2D eigenvalue weighted by Crippen LogP contribution is -2.26. The average molecular weight is 415 g/mol. The summed E-state index contributed by atoms with van der Waals surface area (Å²) in [6, 6.07) is 13.2. The lowest BCUT2D eigenvalue weighted by Gasteiger charge is -2.13. The molecule has 0 radical (unpaired) electrons. The Bertz CT molecular complexity index is 861. The van der Waals surface area contributed by atoms with Crippen molar-refractivity contribution >= 4 is 40.9 Å². The predicted octanol–water partition coefficient (Wildman–Crippen LogP) is 3.85. The van der Waals surface area contributed by atoms with Crippen LogP contribution in [0.15, 0.2) is 42.5 Å². The fraction of sp³-hybridized carbons (Fsp3) is 0.318. The molecule has 0 aliphatic heterocycles. The highest BCUT2D eigenvalue weighted by molar-refractivity contribution is 8.01. The second kappa shape index (κ2) is 10.7. The first kappa shape index (κ1) is 22.5. The molecule has 0 aliphatic carbocycles. The van der Waals surface area contributed by atoms with Gasteiger partial charge in [0, 0.05) is 11.4 Å². The van der Waals surface area contributed by atoms with Crippen molar-refractivity contribution in [2.75, 3.05) is 23.0 Å². The van der Waals surface area contributed by atoms with Gasteiger partial charge in [-0.15, -0.1) is 11.8 Å². The molecule has 0 saturated heterocycles. The molecule has 2 aromatic carbocycles. The van der Waals surface area contributed by atoms with Crippen molar-refractivity contribution in [3.63, 3.8) is 0 Å². The van der Waals surface area contributed by atoms with Crippen LogP contribution in [0, 0.1) is 20.8 Å². The van der Waals surface area contributed by atoms with Gasteiger partial charge in [-0.2, -0.15) is 0 Å². The summed E-state index contributed by atoms with van der Waals surface area (Å²) < 4.78 is 5.08. The first-order chi connectivity index (χ1) is 13.8. The number of rotatable bonds is 8. The molecular weight excluding hydrogens is 388 g/mol. The Balaban J connectivity index is 1.73. The molecule has 1 atom stereocenters. The van der Waals surface area contributed by atoms with Crippen LogP contribution in [-0.2, 0) is 19.1 Å². The molecule has 6 nitrogen and oxygen atoms in total.